The van der Waals surface area contributed by atoms with Gasteiger partial charge in [0.25, 0.3) is 0 Å². The molecule has 0 unspecified atom stereocenters. The third-order valence-corrected chi connectivity index (χ3v) is 2.14. The summed E-state index contributed by atoms with van der Waals surface area (Å²) in [4.78, 5) is 11.2. The van der Waals surface area contributed by atoms with E-state index in [1.54, 1.807) is 0 Å². The van der Waals surface area contributed by atoms with Gasteiger partial charge in [-0.3, -0.25) is 0 Å². The fourth-order valence-electron chi connectivity index (χ4n) is 1.20. The molecule has 0 saturated heterocycles. The smallest absolute Gasteiger partial charge is 0.337 e. The second-order valence-electron chi connectivity index (χ2n) is 3.38. The van der Waals surface area contributed by atoms with Crippen molar-refractivity contribution in [3.8, 4) is 11.5 Å². The molecule has 0 fully saturated rings. The Morgan fingerprint density at radius 3 is 2.81 bits per heavy atom. The molecule has 0 bridgehead atoms. The Hall–Kier alpha value is -1.71. The van der Waals surface area contributed by atoms with E-state index in [4.69, 9.17) is 4.74 Å². The number of phenols is 1. The van der Waals surface area contributed by atoms with Crippen molar-refractivity contribution in [3.05, 3.63) is 23.8 Å². The predicted molar refractivity (Wildman–Crippen MR) is 59.8 cm³/mol. The number of esters is 1. The van der Waals surface area contributed by atoms with E-state index in [9.17, 15) is 9.90 Å². The molecule has 0 aliphatic carbocycles. The van der Waals surface area contributed by atoms with Gasteiger partial charge < -0.3 is 14.6 Å². The number of unbranched alkanes of at least 4 members (excludes halogenated alkanes) is 1. The van der Waals surface area contributed by atoms with Crippen LogP contribution < -0.4 is 4.74 Å². The zero-order chi connectivity index (χ0) is 12.0. The van der Waals surface area contributed by atoms with E-state index >= 15 is 0 Å². The molecule has 1 rings (SSSR count). The number of rotatable bonds is 5. The quantitative estimate of drug-likeness (QED) is 0.616. The van der Waals surface area contributed by atoms with Crippen molar-refractivity contribution in [2.75, 3.05) is 13.7 Å². The molecule has 1 aromatic rings. The first-order valence-corrected chi connectivity index (χ1v) is 5.23. The third-order valence-electron chi connectivity index (χ3n) is 2.14. The largest absolute Gasteiger partial charge is 0.504 e. The number of aromatic hydroxyl groups is 1. The van der Waals surface area contributed by atoms with Crippen molar-refractivity contribution in [2.45, 2.75) is 19.8 Å². The minimum absolute atomic E-state index is 0.0313. The maximum atomic E-state index is 11.2. The van der Waals surface area contributed by atoms with Crippen molar-refractivity contribution in [2.24, 2.45) is 0 Å². The van der Waals surface area contributed by atoms with Gasteiger partial charge in [-0.1, -0.05) is 13.3 Å². The standard InChI is InChI=1S/C12H16O4/c1-3-4-7-16-11-8-9(12(14)15-2)5-6-10(11)13/h5-6,8,13H,3-4,7H2,1-2H3. The summed E-state index contributed by atoms with van der Waals surface area (Å²) in [5.74, 6) is -0.0968. The number of benzene rings is 1. The summed E-state index contributed by atoms with van der Waals surface area (Å²) < 4.78 is 9.94. The molecular formula is C12H16O4. The van der Waals surface area contributed by atoms with Gasteiger partial charge in [0.15, 0.2) is 11.5 Å². The minimum Gasteiger partial charge on any atom is -0.504 e. The van der Waals surface area contributed by atoms with E-state index in [0.717, 1.165) is 12.8 Å². The second kappa shape index (κ2) is 6.00. The monoisotopic (exact) mass is 224 g/mol. The van der Waals surface area contributed by atoms with E-state index in [-0.39, 0.29) is 5.75 Å². The van der Waals surface area contributed by atoms with Crippen LogP contribution >= 0.6 is 0 Å². The molecule has 0 saturated carbocycles. The first-order chi connectivity index (χ1) is 7.69. The summed E-state index contributed by atoms with van der Waals surface area (Å²) in [5.41, 5.74) is 0.367. The van der Waals surface area contributed by atoms with Crippen LogP contribution in [0, 0.1) is 0 Å². The molecule has 0 aliphatic rings. The highest BCUT2D eigenvalue weighted by molar-refractivity contribution is 5.90. The van der Waals surface area contributed by atoms with Crippen LogP contribution in [0.4, 0.5) is 0 Å². The highest BCUT2D eigenvalue weighted by atomic mass is 16.5. The Morgan fingerprint density at radius 2 is 2.19 bits per heavy atom. The lowest BCUT2D eigenvalue weighted by Crippen LogP contribution is -2.03. The minimum atomic E-state index is -0.444. The second-order valence-corrected chi connectivity index (χ2v) is 3.38. The van der Waals surface area contributed by atoms with Crippen LogP contribution in [0.15, 0.2) is 18.2 Å². The third kappa shape index (κ3) is 3.15. The summed E-state index contributed by atoms with van der Waals surface area (Å²) in [6.07, 6.45) is 1.92. The number of ether oxygens (including phenoxy) is 2. The fourth-order valence-corrected chi connectivity index (χ4v) is 1.20. The summed E-state index contributed by atoms with van der Waals surface area (Å²) in [5, 5.41) is 9.51. The van der Waals surface area contributed by atoms with Crippen molar-refractivity contribution in [1.29, 1.82) is 0 Å². The fraction of sp³-hybridized carbons (Fsp3) is 0.417. The van der Waals surface area contributed by atoms with Gasteiger partial charge in [-0.2, -0.15) is 0 Å². The normalized spacial score (nSPS) is 9.88. The molecule has 0 atom stereocenters. The van der Waals surface area contributed by atoms with Gasteiger partial charge in [0.1, 0.15) is 0 Å². The van der Waals surface area contributed by atoms with Crippen LogP contribution in [-0.2, 0) is 4.74 Å². The van der Waals surface area contributed by atoms with Crippen LogP contribution in [0.3, 0.4) is 0 Å². The first-order valence-electron chi connectivity index (χ1n) is 5.23. The van der Waals surface area contributed by atoms with Crippen LogP contribution in [0.1, 0.15) is 30.1 Å². The number of phenolic OH excluding ortho intramolecular Hbond substituents is 1. The lowest BCUT2D eigenvalue weighted by Gasteiger charge is -2.08. The molecule has 0 aliphatic heterocycles. The molecule has 88 valence electrons. The SMILES string of the molecule is CCCCOc1cc(C(=O)OC)ccc1O. The van der Waals surface area contributed by atoms with Crippen molar-refractivity contribution >= 4 is 5.97 Å². The van der Waals surface area contributed by atoms with Crippen LogP contribution in [0.2, 0.25) is 0 Å². The summed E-state index contributed by atoms with van der Waals surface area (Å²) in [6.45, 7) is 2.57. The van der Waals surface area contributed by atoms with Gasteiger partial charge in [-0.05, 0) is 24.6 Å². The van der Waals surface area contributed by atoms with Gasteiger partial charge in [0.2, 0.25) is 0 Å². The van der Waals surface area contributed by atoms with Gasteiger partial charge >= 0.3 is 5.97 Å². The van der Waals surface area contributed by atoms with Gasteiger partial charge in [0.05, 0.1) is 19.3 Å². The average molecular weight is 224 g/mol. The first kappa shape index (κ1) is 12.4. The molecule has 1 aromatic carbocycles. The van der Waals surface area contributed by atoms with Crippen molar-refractivity contribution in [1.82, 2.24) is 0 Å². The van der Waals surface area contributed by atoms with E-state index in [2.05, 4.69) is 4.74 Å². The molecule has 4 heteroatoms. The highest BCUT2D eigenvalue weighted by Crippen LogP contribution is 2.27. The molecular weight excluding hydrogens is 208 g/mol. The Labute approximate surface area is 94.8 Å². The van der Waals surface area contributed by atoms with Crippen LogP contribution in [0.5, 0.6) is 11.5 Å². The number of carbonyl (C=O) groups is 1. The number of hydrogen-bond donors (Lipinski definition) is 1. The maximum Gasteiger partial charge on any atom is 0.337 e. The molecule has 0 radical (unpaired) electrons. The number of hydrogen-bond acceptors (Lipinski definition) is 4. The molecule has 16 heavy (non-hydrogen) atoms. The van der Waals surface area contributed by atoms with Crippen molar-refractivity contribution < 1.29 is 19.4 Å². The molecule has 0 spiro atoms. The van der Waals surface area contributed by atoms with Gasteiger partial charge in [0, 0.05) is 0 Å². The average Bonchev–Trinajstić information content (AvgIpc) is 2.31. The lowest BCUT2D eigenvalue weighted by atomic mass is 10.2. The Bertz CT molecular complexity index is 360. The van der Waals surface area contributed by atoms with E-state index in [0.29, 0.717) is 17.9 Å². The molecule has 0 aromatic heterocycles. The number of carbonyl (C=O) groups excluding carboxylic acids is 1. The van der Waals surface area contributed by atoms with Crippen LogP contribution in [0.25, 0.3) is 0 Å². The number of methoxy groups -OCH3 is 1. The zero-order valence-corrected chi connectivity index (χ0v) is 9.53. The van der Waals surface area contributed by atoms with Crippen molar-refractivity contribution in [3.63, 3.8) is 0 Å². The zero-order valence-electron chi connectivity index (χ0n) is 9.53. The Morgan fingerprint density at radius 1 is 1.44 bits per heavy atom. The molecule has 0 heterocycles. The van der Waals surface area contributed by atoms with Gasteiger partial charge in [-0.25, -0.2) is 4.79 Å². The molecule has 0 amide bonds. The summed E-state index contributed by atoms with van der Waals surface area (Å²) >= 11 is 0. The van der Waals surface area contributed by atoms with E-state index in [1.807, 2.05) is 6.92 Å². The topological polar surface area (TPSA) is 55.8 Å². The maximum absolute atomic E-state index is 11.2. The predicted octanol–water partition coefficient (Wildman–Crippen LogP) is 2.36. The van der Waals surface area contributed by atoms with E-state index < -0.39 is 5.97 Å². The van der Waals surface area contributed by atoms with E-state index in [1.165, 1.54) is 25.3 Å². The highest BCUT2D eigenvalue weighted by Gasteiger charge is 2.09. The van der Waals surface area contributed by atoms with Crippen LogP contribution in [-0.4, -0.2) is 24.8 Å². The molecule has 1 N–H and O–H groups in total. The Balaban J connectivity index is 2.78. The lowest BCUT2D eigenvalue weighted by molar-refractivity contribution is 0.0600. The summed E-state index contributed by atoms with van der Waals surface area (Å²) in [6, 6.07) is 4.40. The molecule has 4 nitrogen and oxygen atoms in total. The van der Waals surface area contributed by atoms with Gasteiger partial charge in [-0.15, -0.1) is 0 Å². The Kier molecular flexibility index (Phi) is 4.64. The summed E-state index contributed by atoms with van der Waals surface area (Å²) in [7, 11) is 1.31.